The Kier molecular flexibility index (Phi) is 3.19. The SMILES string of the molecule is Cn1nc(-c2ccc(Cl)c(Cl)c2)cc1CN. The molecule has 0 saturated carbocycles. The van der Waals surface area contributed by atoms with E-state index in [-0.39, 0.29) is 0 Å². The zero-order valence-corrected chi connectivity index (χ0v) is 10.3. The van der Waals surface area contributed by atoms with E-state index in [4.69, 9.17) is 28.9 Å². The van der Waals surface area contributed by atoms with Crippen molar-refractivity contribution in [3.05, 3.63) is 40.0 Å². The monoisotopic (exact) mass is 255 g/mol. The first kappa shape index (κ1) is 11.5. The van der Waals surface area contributed by atoms with Crippen LogP contribution in [-0.4, -0.2) is 9.78 Å². The van der Waals surface area contributed by atoms with Gasteiger partial charge < -0.3 is 5.73 Å². The van der Waals surface area contributed by atoms with Crippen LogP contribution in [-0.2, 0) is 13.6 Å². The summed E-state index contributed by atoms with van der Waals surface area (Å²) < 4.78 is 1.76. The number of nitrogens with zero attached hydrogens (tertiary/aromatic N) is 2. The molecule has 84 valence electrons. The van der Waals surface area contributed by atoms with Gasteiger partial charge in [-0.25, -0.2) is 0 Å². The molecule has 2 N–H and O–H groups in total. The number of aromatic nitrogens is 2. The van der Waals surface area contributed by atoms with Gasteiger partial charge in [0, 0.05) is 19.2 Å². The van der Waals surface area contributed by atoms with Crippen LogP contribution in [0.25, 0.3) is 11.3 Å². The summed E-state index contributed by atoms with van der Waals surface area (Å²) in [6.07, 6.45) is 0. The van der Waals surface area contributed by atoms with Gasteiger partial charge in [-0.15, -0.1) is 0 Å². The van der Waals surface area contributed by atoms with Crippen LogP contribution in [0.2, 0.25) is 10.0 Å². The number of nitrogens with two attached hydrogens (primary N) is 1. The number of rotatable bonds is 2. The highest BCUT2D eigenvalue weighted by Crippen LogP contribution is 2.28. The van der Waals surface area contributed by atoms with Gasteiger partial charge in [-0.05, 0) is 18.2 Å². The molecule has 2 rings (SSSR count). The molecule has 16 heavy (non-hydrogen) atoms. The Labute approximate surface area is 104 Å². The van der Waals surface area contributed by atoms with E-state index < -0.39 is 0 Å². The normalized spacial score (nSPS) is 10.8. The molecular weight excluding hydrogens is 245 g/mol. The summed E-state index contributed by atoms with van der Waals surface area (Å²) in [5.74, 6) is 0. The van der Waals surface area contributed by atoms with Crippen LogP contribution < -0.4 is 5.73 Å². The van der Waals surface area contributed by atoms with Gasteiger partial charge >= 0.3 is 0 Å². The van der Waals surface area contributed by atoms with Crippen molar-refractivity contribution >= 4 is 23.2 Å². The van der Waals surface area contributed by atoms with Crippen LogP contribution in [0.4, 0.5) is 0 Å². The summed E-state index contributed by atoms with van der Waals surface area (Å²) in [7, 11) is 1.86. The number of benzene rings is 1. The van der Waals surface area contributed by atoms with Crippen molar-refractivity contribution in [2.24, 2.45) is 12.8 Å². The van der Waals surface area contributed by atoms with E-state index in [1.165, 1.54) is 0 Å². The highest BCUT2D eigenvalue weighted by atomic mass is 35.5. The van der Waals surface area contributed by atoms with Crippen LogP contribution in [0.1, 0.15) is 5.69 Å². The fourth-order valence-corrected chi connectivity index (χ4v) is 1.79. The third-order valence-corrected chi connectivity index (χ3v) is 3.14. The second-order valence-electron chi connectivity index (χ2n) is 3.48. The van der Waals surface area contributed by atoms with Crippen LogP contribution in [0.3, 0.4) is 0 Å². The van der Waals surface area contributed by atoms with Crippen LogP contribution in [0.5, 0.6) is 0 Å². The molecular formula is C11H11Cl2N3. The fraction of sp³-hybridized carbons (Fsp3) is 0.182. The first-order chi connectivity index (χ1) is 7.61. The Morgan fingerprint density at radius 1 is 1.25 bits per heavy atom. The molecule has 0 bridgehead atoms. The zero-order chi connectivity index (χ0) is 11.7. The number of hydrogen-bond donors (Lipinski definition) is 1. The van der Waals surface area contributed by atoms with E-state index in [1.807, 2.05) is 19.2 Å². The Balaban J connectivity index is 2.46. The highest BCUT2D eigenvalue weighted by molar-refractivity contribution is 6.42. The summed E-state index contributed by atoms with van der Waals surface area (Å²) >= 11 is 11.8. The van der Waals surface area contributed by atoms with Crippen LogP contribution in [0, 0.1) is 0 Å². The molecule has 0 saturated heterocycles. The maximum atomic E-state index is 5.95. The second kappa shape index (κ2) is 4.45. The number of aryl methyl sites for hydroxylation is 1. The average Bonchev–Trinajstić information content (AvgIpc) is 2.64. The quantitative estimate of drug-likeness (QED) is 0.897. The lowest BCUT2D eigenvalue weighted by Crippen LogP contribution is -2.03. The molecule has 0 spiro atoms. The summed E-state index contributed by atoms with van der Waals surface area (Å²) in [5, 5.41) is 5.43. The van der Waals surface area contributed by atoms with Crippen molar-refractivity contribution in [3.8, 4) is 11.3 Å². The maximum absolute atomic E-state index is 5.95. The smallest absolute Gasteiger partial charge is 0.0926 e. The highest BCUT2D eigenvalue weighted by Gasteiger charge is 2.07. The minimum absolute atomic E-state index is 0.463. The summed E-state index contributed by atoms with van der Waals surface area (Å²) in [4.78, 5) is 0. The minimum Gasteiger partial charge on any atom is -0.325 e. The van der Waals surface area contributed by atoms with Crippen LogP contribution >= 0.6 is 23.2 Å². The molecule has 1 aromatic carbocycles. The first-order valence-corrected chi connectivity index (χ1v) is 5.56. The van der Waals surface area contributed by atoms with E-state index in [0.29, 0.717) is 16.6 Å². The van der Waals surface area contributed by atoms with Gasteiger partial charge in [0.05, 0.1) is 21.4 Å². The number of hydrogen-bond acceptors (Lipinski definition) is 2. The zero-order valence-electron chi connectivity index (χ0n) is 8.74. The molecule has 5 heteroatoms. The molecule has 0 radical (unpaired) electrons. The van der Waals surface area contributed by atoms with Gasteiger partial charge in [-0.3, -0.25) is 4.68 Å². The largest absolute Gasteiger partial charge is 0.325 e. The third-order valence-electron chi connectivity index (χ3n) is 2.40. The Bertz CT molecular complexity index is 520. The lowest BCUT2D eigenvalue weighted by Gasteiger charge is -1.99. The Hall–Kier alpha value is -1.03. The summed E-state index contributed by atoms with van der Waals surface area (Å²) in [6.45, 7) is 0.463. The van der Waals surface area contributed by atoms with Gasteiger partial charge in [0.15, 0.2) is 0 Å². The maximum Gasteiger partial charge on any atom is 0.0926 e. The predicted octanol–water partition coefficient (Wildman–Crippen LogP) is 2.85. The first-order valence-electron chi connectivity index (χ1n) is 4.80. The minimum atomic E-state index is 0.463. The average molecular weight is 256 g/mol. The molecule has 0 amide bonds. The van der Waals surface area contributed by atoms with Gasteiger partial charge in [0.25, 0.3) is 0 Å². The van der Waals surface area contributed by atoms with Gasteiger partial charge in [0.1, 0.15) is 0 Å². The number of halogens is 2. The Morgan fingerprint density at radius 2 is 2.00 bits per heavy atom. The van der Waals surface area contributed by atoms with E-state index in [9.17, 15) is 0 Å². The molecule has 0 atom stereocenters. The van der Waals surface area contributed by atoms with E-state index in [1.54, 1.807) is 16.8 Å². The molecule has 0 unspecified atom stereocenters. The predicted molar refractivity (Wildman–Crippen MR) is 66.6 cm³/mol. The molecule has 2 aromatic rings. The van der Waals surface area contributed by atoms with Crippen molar-refractivity contribution in [3.63, 3.8) is 0 Å². The molecule has 1 aromatic heterocycles. The molecule has 1 heterocycles. The standard InChI is InChI=1S/C11H11Cl2N3/c1-16-8(6-14)5-11(15-16)7-2-3-9(12)10(13)4-7/h2-5H,6,14H2,1H3. The van der Waals surface area contributed by atoms with Gasteiger partial charge in [-0.2, -0.15) is 5.10 Å². The van der Waals surface area contributed by atoms with E-state index in [2.05, 4.69) is 5.10 Å². The Morgan fingerprint density at radius 3 is 2.56 bits per heavy atom. The lowest BCUT2D eigenvalue weighted by molar-refractivity contribution is 0.714. The van der Waals surface area contributed by atoms with Crippen LogP contribution in [0.15, 0.2) is 24.3 Å². The van der Waals surface area contributed by atoms with Crippen molar-refractivity contribution in [2.75, 3.05) is 0 Å². The molecule has 3 nitrogen and oxygen atoms in total. The lowest BCUT2D eigenvalue weighted by atomic mass is 10.1. The fourth-order valence-electron chi connectivity index (χ4n) is 1.49. The van der Waals surface area contributed by atoms with Crippen molar-refractivity contribution in [1.82, 2.24) is 9.78 Å². The van der Waals surface area contributed by atoms with E-state index in [0.717, 1.165) is 17.0 Å². The topological polar surface area (TPSA) is 43.8 Å². The molecule has 0 fully saturated rings. The third kappa shape index (κ3) is 2.07. The van der Waals surface area contributed by atoms with Crippen molar-refractivity contribution < 1.29 is 0 Å². The summed E-state index contributed by atoms with van der Waals surface area (Å²) in [6, 6.07) is 7.39. The van der Waals surface area contributed by atoms with Gasteiger partial charge in [0.2, 0.25) is 0 Å². The second-order valence-corrected chi connectivity index (χ2v) is 4.29. The molecule has 0 aliphatic heterocycles. The van der Waals surface area contributed by atoms with Crippen molar-refractivity contribution in [2.45, 2.75) is 6.54 Å². The molecule has 0 aliphatic carbocycles. The van der Waals surface area contributed by atoms with E-state index >= 15 is 0 Å². The van der Waals surface area contributed by atoms with Gasteiger partial charge in [-0.1, -0.05) is 29.3 Å². The summed E-state index contributed by atoms with van der Waals surface area (Å²) in [5.41, 5.74) is 8.34. The van der Waals surface area contributed by atoms with Crippen molar-refractivity contribution in [1.29, 1.82) is 0 Å². The molecule has 0 aliphatic rings.